The third-order valence-electron chi connectivity index (χ3n) is 3.44. The summed E-state index contributed by atoms with van der Waals surface area (Å²) in [6.45, 7) is 6.03. The van der Waals surface area contributed by atoms with Gasteiger partial charge < -0.3 is 0 Å². The van der Waals surface area contributed by atoms with Crippen molar-refractivity contribution in [2.75, 3.05) is 0 Å². The molecule has 0 amide bonds. The molecule has 0 saturated carbocycles. The smallest absolute Gasteiger partial charge is 0.0433 e. The number of hydrogen-bond acceptors (Lipinski definition) is 1. The molecule has 1 heterocycles. The van der Waals surface area contributed by atoms with E-state index in [1.54, 1.807) is 0 Å². The van der Waals surface area contributed by atoms with Gasteiger partial charge in [-0.15, -0.1) is 11.3 Å². The standard InChI is InChI=1S/C19H15BrS/c1-3-7-18-15(4-2)17-11-6-10-16(19(17)21-18)13-8-5-9-14(20)12-13/h3-12H,2H2,1H3/b7-3-. The van der Waals surface area contributed by atoms with Crippen LogP contribution < -0.4 is 0 Å². The highest BCUT2D eigenvalue weighted by molar-refractivity contribution is 9.10. The minimum Gasteiger partial charge on any atom is -0.135 e. The van der Waals surface area contributed by atoms with E-state index in [1.165, 1.54) is 31.7 Å². The maximum absolute atomic E-state index is 3.98. The second kappa shape index (κ2) is 6.00. The largest absolute Gasteiger partial charge is 0.135 e. The predicted octanol–water partition coefficient (Wildman–Crippen LogP) is 7.01. The summed E-state index contributed by atoms with van der Waals surface area (Å²) in [5.41, 5.74) is 3.74. The molecule has 0 nitrogen and oxygen atoms in total. The van der Waals surface area contributed by atoms with E-state index in [0.717, 1.165) is 4.47 Å². The normalized spacial score (nSPS) is 11.3. The van der Waals surface area contributed by atoms with E-state index in [4.69, 9.17) is 0 Å². The number of hydrogen-bond donors (Lipinski definition) is 0. The Labute approximate surface area is 137 Å². The predicted molar refractivity (Wildman–Crippen MR) is 99.8 cm³/mol. The van der Waals surface area contributed by atoms with Gasteiger partial charge in [-0.1, -0.05) is 65.0 Å². The summed E-state index contributed by atoms with van der Waals surface area (Å²) in [6, 6.07) is 14.9. The number of halogens is 1. The molecule has 21 heavy (non-hydrogen) atoms. The van der Waals surface area contributed by atoms with Crippen molar-refractivity contribution in [2.45, 2.75) is 6.92 Å². The van der Waals surface area contributed by atoms with Crippen LogP contribution in [0, 0.1) is 0 Å². The van der Waals surface area contributed by atoms with Crippen LogP contribution in [0.1, 0.15) is 17.4 Å². The fourth-order valence-electron chi connectivity index (χ4n) is 2.53. The maximum atomic E-state index is 3.98. The van der Waals surface area contributed by atoms with Gasteiger partial charge in [-0.25, -0.2) is 0 Å². The van der Waals surface area contributed by atoms with Crippen LogP contribution in [0.5, 0.6) is 0 Å². The zero-order chi connectivity index (χ0) is 14.8. The SMILES string of the molecule is C=Cc1c(/C=C\C)sc2c(-c3cccc(Br)c3)cccc12. The lowest BCUT2D eigenvalue weighted by Crippen LogP contribution is -1.78. The average Bonchev–Trinajstić information content (AvgIpc) is 2.84. The highest BCUT2D eigenvalue weighted by Crippen LogP contribution is 2.39. The van der Waals surface area contributed by atoms with Crippen LogP contribution in [-0.2, 0) is 0 Å². The Morgan fingerprint density at radius 2 is 1.95 bits per heavy atom. The molecule has 0 atom stereocenters. The van der Waals surface area contributed by atoms with E-state index in [1.807, 2.05) is 24.3 Å². The van der Waals surface area contributed by atoms with Crippen molar-refractivity contribution in [3.05, 3.63) is 70.0 Å². The highest BCUT2D eigenvalue weighted by atomic mass is 79.9. The van der Waals surface area contributed by atoms with Gasteiger partial charge >= 0.3 is 0 Å². The van der Waals surface area contributed by atoms with Crippen LogP contribution in [0.2, 0.25) is 0 Å². The first-order valence-corrected chi connectivity index (χ1v) is 8.42. The Morgan fingerprint density at radius 1 is 1.14 bits per heavy atom. The van der Waals surface area contributed by atoms with Gasteiger partial charge in [0, 0.05) is 19.4 Å². The molecule has 3 aromatic rings. The zero-order valence-corrected chi connectivity index (χ0v) is 14.2. The highest BCUT2D eigenvalue weighted by Gasteiger charge is 2.12. The van der Waals surface area contributed by atoms with Crippen molar-refractivity contribution >= 4 is 49.5 Å². The molecule has 0 aliphatic rings. The molecule has 0 unspecified atom stereocenters. The number of benzene rings is 2. The van der Waals surface area contributed by atoms with Gasteiger partial charge in [0.15, 0.2) is 0 Å². The van der Waals surface area contributed by atoms with Gasteiger partial charge in [0.05, 0.1) is 0 Å². The summed E-state index contributed by atoms with van der Waals surface area (Å²) in [6.07, 6.45) is 6.20. The zero-order valence-electron chi connectivity index (χ0n) is 11.8. The van der Waals surface area contributed by atoms with Crippen LogP contribution in [0.25, 0.3) is 33.4 Å². The van der Waals surface area contributed by atoms with Gasteiger partial charge in [-0.3, -0.25) is 0 Å². The maximum Gasteiger partial charge on any atom is 0.0433 e. The fraction of sp³-hybridized carbons (Fsp3) is 0.0526. The molecule has 0 radical (unpaired) electrons. The third kappa shape index (κ3) is 2.61. The van der Waals surface area contributed by atoms with E-state index in [-0.39, 0.29) is 0 Å². The number of rotatable bonds is 3. The topological polar surface area (TPSA) is 0 Å². The van der Waals surface area contributed by atoms with E-state index < -0.39 is 0 Å². The van der Waals surface area contributed by atoms with Gasteiger partial charge in [-0.05, 0) is 41.8 Å². The second-order valence-corrected chi connectivity index (χ2v) is 6.74. The van der Waals surface area contributed by atoms with E-state index in [2.05, 4.69) is 77.1 Å². The van der Waals surface area contributed by atoms with Crippen LogP contribution in [0.15, 0.2) is 59.6 Å². The average molecular weight is 355 g/mol. The van der Waals surface area contributed by atoms with Crippen molar-refractivity contribution in [1.29, 1.82) is 0 Å². The van der Waals surface area contributed by atoms with Crippen molar-refractivity contribution in [3.8, 4) is 11.1 Å². The monoisotopic (exact) mass is 354 g/mol. The first-order valence-electron chi connectivity index (χ1n) is 6.81. The number of allylic oxidation sites excluding steroid dienone is 1. The molecule has 0 aliphatic heterocycles. The first kappa shape index (κ1) is 14.3. The molecule has 0 N–H and O–H groups in total. The summed E-state index contributed by atoms with van der Waals surface area (Å²) < 4.78 is 2.42. The first-order chi connectivity index (χ1) is 10.2. The van der Waals surface area contributed by atoms with Gasteiger partial charge in [0.2, 0.25) is 0 Å². The van der Waals surface area contributed by atoms with Crippen LogP contribution in [-0.4, -0.2) is 0 Å². The Bertz CT molecular complexity index is 840. The lowest BCUT2D eigenvalue weighted by atomic mass is 10.0. The lowest BCUT2D eigenvalue weighted by Gasteiger charge is -2.04. The molecule has 0 saturated heterocycles. The fourth-order valence-corrected chi connectivity index (χ4v) is 4.24. The van der Waals surface area contributed by atoms with Crippen LogP contribution in [0.3, 0.4) is 0 Å². The van der Waals surface area contributed by atoms with Crippen LogP contribution in [0.4, 0.5) is 0 Å². The van der Waals surface area contributed by atoms with Crippen LogP contribution >= 0.6 is 27.3 Å². The molecule has 2 aromatic carbocycles. The minimum absolute atomic E-state index is 1.10. The van der Waals surface area contributed by atoms with Crippen molar-refractivity contribution in [1.82, 2.24) is 0 Å². The van der Waals surface area contributed by atoms with Gasteiger partial charge in [0.1, 0.15) is 0 Å². The second-order valence-electron chi connectivity index (χ2n) is 4.78. The molecule has 104 valence electrons. The van der Waals surface area contributed by atoms with Crippen molar-refractivity contribution < 1.29 is 0 Å². The van der Waals surface area contributed by atoms with E-state index >= 15 is 0 Å². The molecule has 3 rings (SSSR count). The molecular formula is C19H15BrS. The van der Waals surface area contributed by atoms with Gasteiger partial charge in [-0.2, -0.15) is 0 Å². The molecule has 0 spiro atoms. The molecule has 1 aromatic heterocycles. The van der Waals surface area contributed by atoms with E-state index in [9.17, 15) is 0 Å². The summed E-state index contributed by atoms with van der Waals surface area (Å²) in [7, 11) is 0. The Hall–Kier alpha value is -1.64. The molecule has 2 heteroatoms. The summed E-state index contributed by atoms with van der Waals surface area (Å²) in [5.74, 6) is 0. The Kier molecular flexibility index (Phi) is 4.09. The number of thiophene rings is 1. The molecular weight excluding hydrogens is 340 g/mol. The molecule has 0 fully saturated rings. The minimum atomic E-state index is 1.10. The number of fused-ring (bicyclic) bond motifs is 1. The van der Waals surface area contributed by atoms with E-state index in [0.29, 0.717) is 0 Å². The Balaban J connectivity index is 2.32. The summed E-state index contributed by atoms with van der Waals surface area (Å²) in [5, 5.41) is 1.28. The summed E-state index contributed by atoms with van der Waals surface area (Å²) in [4.78, 5) is 1.27. The Morgan fingerprint density at radius 3 is 2.67 bits per heavy atom. The molecule has 0 aliphatic carbocycles. The molecule has 0 bridgehead atoms. The van der Waals surface area contributed by atoms with Gasteiger partial charge in [0.25, 0.3) is 0 Å². The lowest BCUT2D eigenvalue weighted by molar-refractivity contribution is 1.63. The summed E-state index contributed by atoms with van der Waals surface area (Å²) >= 11 is 5.38. The van der Waals surface area contributed by atoms with Crippen molar-refractivity contribution in [2.24, 2.45) is 0 Å². The van der Waals surface area contributed by atoms with Crippen molar-refractivity contribution in [3.63, 3.8) is 0 Å². The third-order valence-corrected chi connectivity index (χ3v) is 5.15. The quantitative estimate of drug-likeness (QED) is 0.474.